The summed E-state index contributed by atoms with van der Waals surface area (Å²) in [4.78, 5) is 13.1. The maximum absolute atomic E-state index is 4.66. The van der Waals surface area contributed by atoms with Crippen LogP contribution in [0.5, 0.6) is 0 Å². The van der Waals surface area contributed by atoms with E-state index in [2.05, 4.69) is 54.2 Å². The maximum atomic E-state index is 4.66. The summed E-state index contributed by atoms with van der Waals surface area (Å²) in [6, 6.07) is 22.2. The van der Waals surface area contributed by atoms with Crippen LogP contribution in [0.2, 0.25) is 0 Å². The molecule has 0 saturated heterocycles. The molecule has 0 spiro atoms. The van der Waals surface area contributed by atoms with Gasteiger partial charge in [0.1, 0.15) is 11.6 Å². The molecule has 3 heterocycles. The number of H-pyrrole nitrogens is 1. The van der Waals surface area contributed by atoms with Crippen molar-refractivity contribution in [3.8, 4) is 11.1 Å². The van der Waals surface area contributed by atoms with Gasteiger partial charge in [0.05, 0.1) is 24.5 Å². The Morgan fingerprint density at radius 1 is 0.724 bits per heavy atom. The van der Waals surface area contributed by atoms with Gasteiger partial charge in [-0.1, -0.05) is 42.5 Å². The van der Waals surface area contributed by atoms with Gasteiger partial charge in [-0.2, -0.15) is 5.10 Å². The molecule has 3 aromatic heterocycles. The normalized spacial score (nSPS) is 10.7. The highest BCUT2D eigenvalue weighted by atomic mass is 15.2. The van der Waals surface area contributed by atoms with Crippen LogP contribution in [0.1, 0.15) is 11.4 Å². The minimum atomic E-state index is 0.658. The molecule has 29 heavy (non-hydrogen) atoms. The molecule has 6 nitrogen and oxygen atoms in total. The fraction of sp³-hybridized carbons (Fsp3) is 0.174. The number of anilines is 2. The topological polar surface area (TPSA) is 60.9 Å². The Kier molecular flexibility index (Phi) is 5.52. The summed E-state index contributed by atoms with van der Waals surface area (Å²) in [6.07, 6.45) is 3.62. The highest BCUT2D eigenvalue weighted by Gasteiger charge is 2.18. The van der Waals surface area contributed by atoms with Gasteiger partial charge in [0, 0.05) is 32.1 Å². The van der Waals surface area contributed by atoms with Gasteiger partial charge >= 0.3 is 0 Å². The molecule has 0 saturated carbocycles. The number of rotatable bonds is 7. The van der Waals surface area contributed by atoms with E-state index in [-0.39, 0.29) is 0 Å². The minimum Gasteiger partial charge on any atom is -0.354 e. The lowest BCUT2D eigenvalue weighted by Gasteiger charge is -2.19. The molecular formula is C23H24N6. The van der Waals surface area contributed by atoms with Crippen molar-refractivity contribution in [2.45, 2.75) is 13.1 Å². The van der Waals surface area contributed by atoms with Crippen LogP contribution in [-0.4, -0.2) is 34.3 Å². The van der Waals surface area contributed by atoms with Gasteiger partial charge in [-0.15, -0.1) is 0 Å². The summed E-state index contributed by atoms with van der Waals surface area (Å²) in [6.45, 7) is 1.34. The molecule has 0 unspecified atom stereocenters. The Bertz CT molecular complexity index is 966. The molecule has 0 radical (unpaired) electrons. The Hall–Kier alpha value is -3.67. The zero-order valence-corrected chi connectivity index (χ0v) is 16.7. The average Bonchev–Trinajstić information content (AvgIpc) is 3.17. The summed E-state index contributed by atoms with van der Waals surface area (Å²) >= 11 is 0. The number of pyridine rings is 2. The molecule has 0 atom stereocenters. The lowest BCUT2D eigenvalue weighted by atomic mass is 10.0. The second-order valence-electron chi connectivity index (χ2n) is 6.98. The van der Waals surface area contributed by atoms with E-state index in [9.17, 15) is 0 Å². The first kappa shape index (κ1) is 18.7. The fourth-order valence-electron chi connectivity index (χ4n) is 3.38. The van der Waals surface area contributed by atoms with Crippen LogP contribution in [0.15, 0.2) is 79.1 Å². The number of hydrogen-bond acceptors (Lipinski definition) is 5. The van der Waals surface area contributed by atoms with Gasteiger partial charge in [-0.05, 0) is 29.8 Å². The number of nitrogens with zero attached hydrogens (tertiary/aromatic N) is 5. The largest absolute Gasteiger partial charge is 0.354 e. The van der Waals surface area contributed by atoms with E-state index < -0.39 is 0 Å². The smallest absolute Gasteiger partial charge is 0.128 e. The lowest BCUT2D eigenvalue weighted by Crippen LogP contribution is -2.19. The first-order valence-corrected chi connectivity index (χ1v) is 9.58. The molecule has 1 aromatic carbocycles. The highest BCUT2D eigenvalue weighted by molar-refractivity contribution is 5.69. The molecule has 0 aliphatic carbocycles. The quantitative estimate of drug-likeness (QED) is 0.519. The molecule has 146 valence electrons. The molecule has 0 amide bonds. The number of aromatic amines is 1. The van der Waals surface area contributed by atoms with E-state index in [0.717, 1.165) is 34.2 Å². The van der Waals surface area contributed by atoms with Crippen molar-refractivity contribution >= 4 is 11.6 Å². The van der Waals surface area contributed by atoms with Gasteiger partial charge in [-0.25, -0.2) is 9.97 Å². The van der Waals surface area contributed by atoms with E-state index in [1.807, 2.05) is 69.0 Å². The fourth-order valence-corrected chi connectivity index (χ4v) is 3.38. The van der Waals surface area contributed by atoms with Crippen molar-refractivity contribution < 1.29 is 0 Å². The Morgan fingerprint density at radius 2 is 1.31 bits per heavy atom. The van der Waals surface area contributed by atoms with E-state index in [4.69, 9.17) is 0 Å². The van der Waals surface area contributed by atoms with Crippen LogP contribution in [0, 0.1) is 0 Å². The van der Waals surface area contributed by atoms with Crippen molar-refractivity contribution in [2.75, 3.05) is 23.9 Å². The van der Waals surface area contributed by atoms with Gasteiger partial charge in [0.2, 0.25) is 0 Å². The molecule has 1 N–H and O–H groups in total. The Labute approximate surface area is 170 Å². The minimum absolute atomic E-state index is 0.658. The van der Waals surface area contributed by atoms with Crippen LogP contribution < -0.4 is 9.80 Å². The lowest BCUT2D eigenvalue weighted by molar-refractivity contribution is 0.834. The van der Waals surface area contributed by atoms with Gasteiger partial charge in [0.15, 0.2) is 0 Å². The zero-order valence-electron chi connectivity index (χ0n) is 16.7. The second kappa shape index (κ2) is 8.56. The summed E-state index contributed by atoms with van der Waals surface area (Å²) in [5.41, 5.74) is 4.34. The number of hydrogen-bond donors (Lipinski definition) is 1. The van der Waals surface area contributed by atoms with E-state index >= 15 is 0 Å². The van der Waals surface area contributed by atoms with Crippen molar-refractivity contribution in [2.24, 2.45) is 0 Å². The second-order valence-corrected chi connectivity index (χ2v) is 6.98. The van der Waals surface area contributed by atoms with Crippen molar-refractivity contribution in [3.63, 3.8) is 0 Å². The van der Waals surface area contributed by atoms with Crippen molar-refractivity contribution in [1.29, 1.82) is 0 Å². The van der Waals surface area contributed by atoms with Crippen LogP contribution in [0.25, 0.3) is 11.1 Å². The van der Waals surface area contributed by atoms with Crippen LogP contribution in [0.4, 0.5) is 11.6 Å². The van der Waals surface area contributed by atoms with Crippen LogP contribution in [0.3, 0.4) is 0 Å². The molecular weight excluding hydrogens is 360 g/mol. The summed E-state index contributed by atoms with van der Waals surface area (Å²) in [5, 5.41) is 7.93. The van der Waals surface area contributed by atoms with E-state index in [1.54, 1.807) is 0 Å². The first-order valence-electron chi connectivity index (χ1n) is 9.58. The monoisotopic (exact) mass is 384 g/mol. The molecule has 4 rings (SSSR count). The van der Waals surface area contributed by atoms with Gasteiger partial charge in [-0.3, -0.25) is 5.10 Å². The third-order valence-electron chi connectivity index (χ3n) is 4.84. The number of aromatic nitrogens is 4. The SMILES string of the molecule is CN(Cc1n[nH]c(CN(C)c2ccccn2)c1-c1ccccc1)c1ccccn1. The Balaban J connectivity index is 1.65. The summed E-state index contributed by atoms with van der Waals surface area (Å²) in [7, 11) is 4.07. The van der Waals surface area contributed by atoms with E-state index in [0.29, 0.717) is 13.1 Å². The van der Waals surface area contributed by atoms with Crippen LogP contribution in [-0.2, 0) is 13.1 Å². The van der Waals surface area contributed by atoms with E-state index in [1.165, 1.54) is 0 Å². The van der Waals surface area contributed by atoms with Gasteiger partial charge in [0.25, 0.3) is 0 Å². The van der Waals surface area contributed by atoms with Crippen molar-refractivity contribution in [3.05, 3.63) is 90.5 Å². The standard InChI is InChI=1S/C23H24N6/c1-28(21-12-6-8-14-24-21)16-19-23(18-10-4-3-5-11-18)20(27-26-19)17-29(2)22-13-7-9-15-25-22/h3-15H,16-17H2,1-2H3,(H,26,27). The number of benzene rings is 1. The molecule has 0 bridgehead atoms. The summed E-state index contributed by atoms with van der Waals surface area (Å²) < 4.78 is 0. The Morgan fingerprint density at radius 3 is 1.90 bits per heavy atom. The zero-order chi connectivity index (χ0) is 20.1. The molecule has 0 fully saturated rings. The third kappa shape index (κ3) is 4.27. The molecule has 0 aliphatic heterocycles. The van der Waals surface area contributed by atoms with Gasteiger partial charge < -0.3 is 9.80 Å². The molecule has 6 heteroatoms. The molecule has 0 aliphatic rings. The molecule has 4 aromatic rings. The maximum Gasteiger partial charge on any atom is 0.128 e. The predicted molar refractivity (Wildman–Crippen MR) is 117 cm³/mol. The summed E-state index contributed by atoms with van der Waals surface area (Å²) in [5.74, 6) is 1.84. The van der Waals surface area contributed by atoms with Crippen LogP contribution >= 0.6 is 0 Å². The highest BCUT2D eigenvalue weighted by Crippen LogP contribution is 2.29. The number of nitrogens with one attached hydrogen (secondary N) is 1. The average molecular weight is 384 g/mol. The van der Waals surface area contributed by atoms with Crippen molar-refractivity contribution in [1.82, 2.24) is 20.2 Å². The first-order chi connectivity index (χ1) is 14.2. The predicted octanol–water partition coefficient (Wildman–Crippen LogP) is 4.14. The third-order valence-corrected chi connectivity index (χ3v) is 4.84.